The van der Waals surface area contributed by atoms with Crippen molar-refractivity contribution in [3.05, 3.63) is 78.4 Å². The maximum absolute atomic E-state index is 6.00. The average molecular weight is 375 g/mol. The molecule has 0 atom stereocenters. The molecule has 0 aliphatic rings. The second-order valence-electron chi connectivity index (χ2n) is 6.27. The zero-order chi connectivity index (χ0) is 19.8. The molecular weight excluding hydrogens is 350 g/mol. The summed E-state index contributed by atoms with van der Waals surface area (Å²) in [5.74, 6) is 1.68. The summed E-state index contributed by atoms with van der Waals surface area (Å²) in [6, 6.07) is 24.4. The lowest BCUT2D eigenvalue weighted by Crippen LogP contribution is -2.23. The molecule has 3 N–H and O–H groups in total. The molecule has 0 aliphatic carbocycles. The number of ether oxygens (including phenoxy) is 2. The van der Waals surface area contributed by atoms with Crippen LogP contribution in [0.2, 0.25) is 0 Å². The van der Waals surface area contributed by atoms with Gasteiger partial charge in [0.15, 0.2) is 17.5 Å². The van der Waals surface area contributed by atoms with E-state index >= 15 is 0 Å². The Morgan fingerprint density at radius 1 is 0.857 bits per heavy atom. The van der Waals surface area contributed by atoms with Gasteiger partial charge in [0.25, 0.3) is 0 Å². The van der Waals surface area contributed by atoms with Crippen molar-refractivity contribution in [3.63, 3.8) is 0 Å². The van der Waals surface area contributed by atoms with Crippen molar-refractivity contribution in [1.29, 1.82) is 0 Å². The quantitative estimate of drug-likeness (QED) is 0.476. The molecule has 0 unspecified atom stereocenters. The second-order valence-corrected chi connectivity index (χ2v) is 6.27. The van der Waals surface area contributed by atoms with E-state index in [1.54, 1.807) is 14.2 Å². The molecule has 5 heteroatoms. The van der Waals surface area contributed by atoms with Crippen LogP contribution < -0.4 is 20.5 Å². The molecular formula is C23H25N3O2. The fourth-order valence-electron chi connectivity index (χ4n) is 2.90. The first-order valence-electron chi connectivity index (χ1n) is 9.13. The van der Waals surface area contributed by atoms with E-state index in [0.717, 1.165) is 12.1 Å². The summed E-state index contributed by atoms with van der Waals surface area (Å²) in [4.78, 5) is 4.40. The van der Waals surface area contributed by atoms with Crippen molar-refractivity contribution in [1.82, 2.24) is 0 Å². The number of benzene rings is 3. The summed E-state index contributed by atoms with van der Waals surface area (Å²) in [6.45, 7) is 0.608. The molecule has 0 aliphatic heterocycles. The number of nitrogens with zero attached hydrogens (tertiary/aromatic N) is 1. The first kappa shape index (κ1) is 19.3. The number of methoxy groups -OCH3 is 2. The van der Waals surface area contributed by atoms with Crippen LogP contribution >= 0.6 is 0 Å². The van der Waals surface area contributed by atoms with E-state index in [1.165, 1.54) is 16.7 Å². The van der Waals surface area contributed by atoms with E-state index in [-0.39, 0.29) is 0 Å². The fraction of sp³-hybridized carbons (Fsp3) is 0.174. The Labute approximate surface area is 165 Å². The molecule has 3 rings (SSSR count). The standard InChI is InChI=1S/C23H25N3O2/c1-27-21-13-12-20(16-22(21)28-2)26-23(24)25-15-14-17-8-10-19(11-9-17)18-6-4-3-5-7-18/h3-13,16H,14-15H2,1-2H3,(H3,24,25,26). The van der Waals surface area contributed by atoms with Crippen molar-refractivity contribution in [3.8, 4) is 22.6 Å². The van der Waals surface area contributed by atoms with E-state index in [9.17, 15) is 0 Å². The first-order valence-corrected chi connectivity index (χ1v) is 9.13. The highest BCUT2D eigenvalue weighted by Gasteiger charge is 2.05. The van der Waals surface area contributed by atoms with Gasteiger partial charge in [0, 0.05) is 18.3 Å². The number of guanidine groups is 1. The van der Waals surface area contributed by atoms with Gasteiger partial charge < -0.3 is 20.5 Å². The van der Waals surface area contributed by atoms with E-state index in [2.05, 4.69) is 46.7 Å². The van der Waals surface area contributed by atoms with Crippen molar-refractivity contribution < 1.29 is 9.47 Å². The lowest BCUT2D eigenvalue weighted by molar-refractivity contribution is 0.355. The fourth-order valence-corrected chi connectivity index (χ4v) is 2.90. The van der Waals surface area contributed by atoms with Crippen LogP contribution in [0, 0.1) is 0 Å². The topological polar surface area (TPSA) is 68.9 Å². The van der Waals surface area contributed by atoms with Gasteiger partial charge in [0.2, 0.25) is 0 Å². The Balaban J connectivity index is 1.55. The van der Waals surface area contributed by atoms with Gasteiger partial charge in [0.1, 0.15) is 0 Å². The molecule has 0 radical (unpaired) electrons. The third-order valence-corrected chi connectivity index (χ3v) is 4.40. The minimum absolute atomic E-state index is 0.369. The Bertz CT molecular complexity index is 922. The molecule has 0 saturated carbocycles. The number of hydrogen-bond acceptors (Lipinski definition) is 3. The van der Waals surface area contributed by atoms with Crippen LogP contribution in [-0.4, -0.2) is 26.7 Å². The number of rotatable bonds is 7. The molecule has 0 aromatic heterocycles. The highest BCUT2D eigenvalue weighted by Crippen LogP contribution is 2.29. The van der Waals surface area contributed by atoms with Crippen LogP contribution in [0.15, 0.2) is 77.8 Å². The summed E-state index contributed by atoms with van der Waals surface area (Å²) in [5, 5.41) is 3.08. The molecule has 3 aromatic carbocycles. The SMILES string of the molecule is COc1ccc(NC(N)=NCCc2ccc(-c3ccccc3)cc2)cc1OC. The Kier molecular flexibility index (Phi) is 6.52. The minimum Gasteiger partial charge on any atom is -0.493 e. The molecule has 144 valence electrons. The van der Waals surface area contributed by atoms with Crippen molar-refractivity contribution in [2.75, 3.05) is 26.1 Å². The maximum Gasteiger partial charge on any atom is 0.193 e. The van der Waals surface area contributed by atoms with Crippen molar-refractivity contribution in [2.24, 2.45) is 10.7 Å². The highest BCUT2D eigenvalue weighted by molar-refractivity contribution is 5.92. The summed E-state index contributed by atoms with van der Waals surface area (Å²) in [6.07, 6.45) is 0.823. The molecule has 0 heterocycles. The summed E-state index contributed by atoms with van der Waals surface area (Å²) in [7, 11) is 3.20. The molecule has 28 heavy (non-hydrogen) atoms. The lowest BCUT2D eigenvalue weighted by Gasteiger charge is -2.11. The van der Waals surface area contributed by atoms with Gasteiger partial charge in [-0.05, 0) is 35.2 Å². The lowest BCUT2D eigenvalue weighted by atomic mass is 10.0. The van der Waals surface area contributed by atoms with Crippen LogP contribution in [0.3, 0.4) is 0 Å². The predicted molar refractivity (Wildman–Crippen MR) is 115 cm³/mol. The number of hydrogen-bond donors (Lipinski definition) is 2. The summed E-state index contributed by atoms with van der Waals surface area (Å²) in [5.41, 5.74) is 10.4. The Morgan fingerprint density at radius 2 is 1.54 bits per heavy atom. The van der Waals surface area contributed by atoms with Gasteiger partial charge >= 0.3 is 0 Å². The summed E-state index contributed by atoms with van der Waals surface area (Å²) >= 11 is 0. The largest absolute Gasteiger partial charge is 0.493 e. The van der Waals surface area contributed by atoms with Crippen LogP contribution in [0.1, 0.15) is 5.56 Å². The maximum atomic E-state index is 6.00. The third kappa shape index (κ3) is 5.04. The number of aliphatic imine (C=N–C) groups is 1. The smallest absolute Gasteiger partial charge is 0.193 e. The number of nitrogens with two attached hydrogens (primary N) is 1. The van der Waals surface area contributed by atoms with Crippen LogP contribution in [0.25, 0.3) is 11.1 Å². The van der Waals surface area contributed by atoms with Gasteiger partial charge in [-0.2, -0.15) is 0 Å². The van der Waals surface area contributed by atoms with Crippen molar-refractivity contribution in [2.45, 2.75) is 6.42 Å². The van der Waals surface area contributed by atoms with Crippen molar-refractivity contribution >= 4 is 11.6 Å². The molecule has 5 nitrogen and oxygen atoms in total. The first-order chi connectivity index (χ1) is 13.7. The Hall–Kier alpha value is -3.47. The van der Waals surface area contributed by atoms with E-state index in [1.807, 2.05) is 36.4 Å². The number of anilines is 1. The molecule has 0 spiro atoms. The van der Waals surface area contributed by atoms with Gasteiger partial charge in [-0.1, -0.05) is 54.6 Å². The van der Waals surface area contributed by atoms with Gasteiger partial charge in [-0.15, -0.1) is 0 Å². The monoisotopic (exact) mass is 375 g/mol. The van der Waals surface area contributed by atoms with E-state index in [0.29, 0.717) is 24.0 Å². The van der Waals surface area contributed by atoms with Crippen LogP contribution in [0.4, 0.5) is 5.69 Å². The Morgan fingerprint density at radius 3 is 2.21 bits per heavy atom. The minimum atomic E-state index is 0.369. The van der Waals surface area contributed by atoms with E-state index in [4.69, 9.17) is 15.2 Å². The van der Waals surface area contributed by atoms with Crippen LogP contribution in [0.5, 0.6) is 11.5 Å². The van der Waals surface area contributed by atoms with Gasteiger partial charge in [-0.3, -0.25) is 4.99 Å². The molecule has 0 bridgehead atoms. The predicted octanol–water partition coefficient (Wildman–Crippen LogP) is 4.34. The zero-order valence-corrected chi connectivity index (χ0v) is 16.2. The van der Waals surface area contributed by atoms with Gasteiger partial charge in [-0.25, -0.2) is 0 Å². The van der Waals surface area contributed by atoms with Gasteiger partial charge in [0.05, 0.1) is 14.2 Å². The summed E-state index contributed by atoms with van der Waals surface area (Å²) < 4.78 is 10.5. The second kappa shape index (κ2) is 9.46. The van der Waals surface area contributed by atoms with Crippen LogP contribution in [-0.2, 0) is 6.42 Å². The molecule has 3 aromatic rings. The van der Waals surface area contributed by atoms with E-state index < -0.39 is 0 Å². The molecule has 0 fully saturated rings. The molecule has 0 amide bonds. The average Bonchev–Trinajstić information content (AvgIpc) is 2.74. The molecule has 0 saturated heterocycles. The zero-order valence-electron chi connectivity index (χ0n) is 16.2. The number of nitrogens with one attached hydrogen (secondary N) is 1. The highest BCUT2D eigenvalue weighted by atomic mass is 16.5. The normalized spacial score (nSPS) is 11.1. The third-order valence-electron chi connectivity index (χ3n) is 4.40.